The maximum absolute atomic E-state index is 12.0. The van der Waals surface area contributed by atoms with E-state index in [0.29, 0.717) is 0 Å². The third kappa shape index (κ3) is 7.62. The molecule has 0 spiro atoms. The van der Waals surface area contributed by atoms with Crippen LogP contribution >= 0.6 is 0 Å². The number of carbonyl (C=O) groups is 1. The molecule has 0 saturated carbocycles. The maximum Gasteiger partial charge on any atom is 0.217 e. The second-order valence-corrected chi connectivity index (χ2v) is 9.86. The molecule has 2 aliphatic heterocycles. The first-order valence-corrected chi connectivity index (χ1v) is 13.1. The molecule has 2 aliphatic rings. The van der Waals surface area contributed by atoms with Crippen LogP contribution in [0, 0.1) is 0 Å². The van der Waals surface area contributed by atoms with Crippen LogP contribution < -0.4 is 5.32 Å². The minimum Gasteiger partial charge on any atom is -0.394 e. The molecule has 0 aromatic heterocycles. The summed E-state index contributed by atoms with van der Waals surface area (Å²) in [6.07, 6.45) is -12.5. The van der Waals surface area contributed by atoms with E-state index in [2.05, 4.69) is 5.32 Å². The molecule has 40 heavy (non-hydrogen) atoms. The molecular formula is C28H37NO11. The average Bonchev–Trinajstić information content (AvgIpc) is 2.96. The molecule has 12 heteroatoms. The number of nitrogens with one attached hydrogen (secondary N) is 1. The van der Waals surface area contributed by atoms with Gasteiger partial charge >= 0.3 is 0 Å². The second-order valence-electron chi connectivity index (χ2n) is 9.86. The minimum absolute atomic E-state index is 0.0773. The molecule has 10 atom stereocenters. The number of rotatable bonds is 11. The molecule has 0 aliphatic carbocycles. The lowest BCUT2D eigenvalue weighted by molar-refractivity contribution is -0.350. The lowest BCUT2D eigenvalue weighted by Gasteiger charge is -2.47. The van der Waals surface area contributed by atoms with Gasteiger partial charge in [0.05, 0.1) is 26.4 Å². The van der Waals surface area contributed by atoms with Gasteiger partial charge in [-0.05, 0) is 11.1 Å². The Balaban J connectivity index is 1.54. The Bertz CT molecular complexity index is 1040. The van der Waals surface area contributed by atoms with Crippen molar-refractivity contribution in [1.29, 1.82) is 0 Å². The van der Waals surface area contributed by atoms with Gasteiger partial charge in [-0.25, -0.2) is 0 Å². The third-order valence-electron chi connectivity index (χ3n) is 6.83. The van der Waals surface area contributed by atoms with E-state index in [0.717, 1.165) is 11.1 Å². The predicted molar refractivity (Wildman–Crippen MR) is 138 cm³/mol. The zero-order chi connectivity index (χ0) is 28.6. The van der Waals surface area contributed by atoms with E-state index in [1.54, 1.807) is 0 Å². The zero-order valence-corrected chi connectivity index (χ0v) is 22.1. The summed E-state index contributed by atoms with van der Waals surface area (Å²) in [5.41, 5.74) is 1.75. The van der Waals surface area contributed by atoms with Gasteiger partial charge in [0.25, 0.3) is 0 Å². The minimum atomic E-state index is -1.71. The summed E-state index contributed by atoms with van der Waals surface area (Å²) in [4.78, 5) is 12.0. The van der Waals surface area contributed by atoms with Gasteiger partial charge in [-0.15, -0.1) is 0 Å². The first-order valence-electron chi connectivity index (χ1n) is 13.1. The fraction of sp³-hybridized carbons (Fsp3) is 0.536. The van der Waals surface area contributed by atoms with Crippen molar-refractivity contribution in [2.24, 2.45) is 0 Å². The summed E-state index contributed by atoms with van der Waals surface area (Å²) < 4.78 is 29.4. The van der Waals surface area contributed by atoms with E-state index in [9.17, 15) is 30.3 Å². The van der Waals surface area contributed by atoms with Crippen LogP contribution in [0.5, 0.6) is 0 Å². The SMILES string of the molecule is CC(=O)N[C@H]1[C@@H](OCc2ccccc2)O[C@H](COCc2ccccc2)[C@@H](O[C@@H]2O[C@H](CO)[C@H](O)[C@H](O)[C@H]2O)[C@@H]1O. The highest BCUT2D eigenvalue weighted by Gasteiger charge is 2.51. The summed E-state index contributed by atoms with van der Waals surface area (Å²) >= 11 is 0. The standard InChI is InChI=1S/C28H37NO11/c1-16(31)29-21-23(33)26(40-28-25(35)24(34)22(32)19(12-30)38-28)20(15-36-13-17-8-4-2-5-9-17)39-27(21)37-14-18-10-6-3-7-11-18/h2-11,19-28,30,32-35H,12-15H2,1H3,(H,29,31)/t19-,20-,21-,22+,23-,24+,25-,26-,27+,28+/m1/s1. The van der Waals surface area contributed by atoms with Gasteiger partial charge in [-0.3, -0.25) is 4.79 Å². The van der Waals surface area contributed by atoms with Gasteiger partial charge in [-0.2, -0.15) is 0 Å². The molecule has 2 saturated heterocycles. The van der Waals surface area contributed by atoms with Gasteiger partial charge in [0.15, 0.2) is 12.6 Å². The van der Waals surface area contributed by atoms with E-state index in [1.165, 1.54) is 6.92 Å². The molecular weight excluding hydrogens is 526 g/mol. The van der Waals surface area contributed by atoms with Gasteiger partial charge in [-0.1, -0.05) is 60.7 Å². The number of benzene rings is 2. The number of aliphatic hydroxyl groups is 5. The van der Waals surface area contributed by atoms with Crippen LogP contribution in [0.3, 0.4) is 0 Å². The molecule has 0 radical (unpaired) electrons. The lowest BCUT2D eigenvalue weighted by Crippen LogP contribution is -2.67. The Morgan fingerprint density at radius 2 is 1.40 bits per heavy atom. The third-order valence-corrected chi connectivity index (χ3v) is 6.83. The quantitative estimate of drug-likeness (QED) is 0.202. The molecule has 2 aromatic rings. The highest BCUT2D eigenvalue weighted by atomic mass is 16.7. The van der Waals surface area contributed by atoms with Crippen molar-refractivity contribution in [3.63, 3.8) is 0 Å². The molecule has 220 valence electrons. The highest BCUT2D eigenvalue weighted by Crippen LogP contribution is 2.30. The molecule has 2 heterocycles. The van der Waals surface area contributed by atoms with Crippen LogP contribution in [0.2, 0.25) is 0 Å². The van der Waals surface area contributed by atoms with Crippen LogP contribution in [0.1, 0.15) is 18.1 Å². The summed E-state index contributed by atoms with van der Waals surface area (Å²) in [6, 6.07) is 17.6. The van der Waals surface area contributed by atoms with Crippen molar-refractivity contribution in [3.05, 3.63) is 71.8 Å². The highest BCUT2D eigenvalue weighted by molar-refractivity contribution is 5.73. The van der Waals surface area contributed by atoms with E-state index in [4.69, 9.17) is 23.7 Å². The van der Waals surface area contributed by atoms with E-state index >= 15 is 0 Å². The van der Waals surface area contributed by atoms with Crippen molar-refractivity contribution >= 4 is 5.91 Å². The number of amides is 1. The first-order chi connectivity index (χ1) is 19.3. The second kappa shape index (κ2) is 14.4. The van der Waals surface area contributed by atoms with Gasteiger partial charge < -0.3 is 54.5 Å². The van der Waals surface area contributed by atoms with E-state index in [-0.39, 0.29) is 19.8 Å². The molecule has 12 nitrogen and oxygen atoms in total. The predicted octanol–water partition coefficient (Wildman–Crippen LogP) is -0.804. The van der Waals surface area contributed by atoms with Crippen LogP contribution in [-0.2, 0) is 41.7 Å². The smallest absolute Gasteiger partial charge is 0.217 e. The average molecular weight is 564 g/mol. The Morgan fingerprint density at radius 3 is 2.00 bits per heavy atom. The van der Waals surface area contributed by atoms with Crippen molar-refractivity contribution in [2.45, 2.75) is 81.5 Å². The summed E-state index contributed by atoms with van der Waals surface area (Å²) in [6.45, 7) is 0.913. The molecule has 6 N–H and O–H groups in total. The Morgan fingerprint density at radius 1 is 0.800 bits per heavy atom. The Labute approximate surface area is 232 Å². The molecule has 0 unspecified atom stereocenters. The van der Waals surface area contributed by atoms with Crippen LogP contribution in [0.4, 0.5) is 0 Å². The van der Waals surface area contributed by atoms with Crippen molar-refractivity contribution < 1.29 is 54.0 Å². The van der Waals surface area contributed by atoms with Crippen molar-refractivity contribution in [1.82, 2.24) is 5.32 Å². The monoisotopic (exact) mass is 563 g/mol. The molecule has 2 fully saturated rings. The summed E-state index contributed by atoms with van der Waals surface area (Å²) in [5.74, 6) is -0.452. The summed E-state index contributed by atoms with van der Waals surface area (Å²) in [5, 5.41) is 54.5. The summed E-state index contributed by atoms with van der Waals surface area (Å²) in [7, 11) is 0. The van der Waals surface area contributed by atoms with Gasteiger partial charge in [0.1, 0.15) is 48.8 Å². The fourth-order valence-corrected chi connectivity index (χ4v) is 4.71. The maximum atomic E-state index is 12.0. The number of hydrogen-bond acceptors (Lipinski definition) is 11. The van der Waals surface area contributed by atoms with Crippen LogP contribution in [0.15, 0.2) is 60.7 Å². The lowest BCUT2D eigenvalue weighted by atomic mass is 9.95. The Hall–Kier alpha value is -2.49. The molecule has 4 rings (SSSR count). The van der Waals surface area contributed by atoms with Crippen LogP contribution in [-0.4, -0.2) is 106 Å². The number of hydrogen-bond donors (Lipinski definition) is 6. The van der Waals surface area contributed by atoms with Crippen molar-refractivity contribution in [3.8, 4) is 0 Å². The number of aliphatic hydroxyl groups excluding tert-OH is 5. The fourth-order valence-electron chi connectivity index (χ4n) is 4.71. The van der Waals surface area contributed by atoms with Gasteiger partial charge in [0, 0.05) is 6.92 Å². The first kappa shape index (κ1) is 30.5. The Kier molecular flexibility index (Phi) is 11.0. The van der Waals surface area contributed by atoms with Crippen LogP contribution in [0.25, 0.3) is 0 Å². The number of carbonyl (C=O) groups excluding carboxylic acids is 1. The molecule has 2 aromatic carbocycles. The largest absolute Gasteiger partial charge is 0.394 e. The molecule has 1 amide bonds. The number of ether oxygens (including phenoxy) is 5. The van der Waals surface area contributed by atoms with Gasteiger partial charge in [0.2, 0.25) is 5.91 Å². The zero-order valence-electron chi connectivity index (χ0n) is 22.1. The van der Waals surface area contributed by atoms with Crippen molar-refractivity contribution in [2.75, 3.05) is 13.2 Å². The van der Waals surface area contributed by atoms with E-state index in [1.807, 2.05) is 60.7 Å². The topological polar surface area (TPSA) is 176 Å². The normalized spacial score (nSPS) is 34.4. The molecule has 0 bridgehead atoms. The van der Waals surface area contributed by atoms with E-state index < -0.39 is 73.9 Å².